The number of ether oxygens (including phenoxy) is 1. The summed E-state index contributed by atoms with van der Waals surface area (Å²) >= 11 is 0. The Labute approximate surface area is 121 Å². The van der Waals surface area contributed by atoms with Crippen LogP contribution in [0.4, 0.5) is 0 Å². The van der Waals surface area contributed by atoms with Crippen molar-refractivity contribution in [3.05, 3.63) is 30.3 Å². The summed E-state index contributed by atoms with van der Waals surface area (Å²) < 4.78 is 5.52. The van der Waals surface area contributed by atoms with Crippen LogP contribution < -0.4 is 10.1 Å². The van der Waals surface area contributed by atoms with Gasteiger partial charge in [-0.2, -0.15) is 0 Å². The maximum Gasteiger partial charge on any atom is 0.220 e. The Morgan fingerprint density at radius 2 is 1.80 bits per heavy atom. The van der Waals surface area contributed by atoms with Gasteiger partial charge < -0.3 is 15.2 Å². The number of hydrogen-bond acceptors (Lipinski definition) is 3. The second kappa shape index (κ2) is 11.3. The van der Waals surface area contributed by atoms with E-state index in [1.807, 2.05) is 30.3 Å². The van der Waals surface area contributed by atoms with Crippen LogP contribution in [0.1, 0.15) is 38.5 Å². The second-order valence-corrected chi connectivity index (χ2v) is 4.75. The standard InChI is InChI=1S/C16H25NO3/c18-13-7-2-1-6-12-17-16(19)11-8-14-20-15-9-4-3-5-10-15/h3-5,9-10,18H,1-2,6-8,11-14H2,(H,17,19). The zero-order chi connectivity index (χ0) is 14.5. The number of para-hydroxylation sites is 1. The smallest absolute Gasteiger partial charge is 0.220 e. The summed E-state index contributed by atoms with van der Waals surface area (Å²) in [6.45, 7) is 1.55. The molecule has 0 atom stereocenters. The van der Waals surface area contributed by atoms with Crippen LogP contribution >= 0.6 is 0 Å². The Bertz CT molecular complexity index is 354. The van der Waals surface area contributed by atoms with Crippen molar-refractivity contribution in [3.8, 4) is 5.75 Å². The van der Waals surface area contributed by atoms with Gasteiger partial charge in [-0.1, -0.05) is 31.0 Å². The number of hydrogen-bond donors (Lipinski definition) is 2. The Morgan fingerprint density at radius 1 is 1.05 bits per heavy atom. The van der Waals surface area contributed by atoms with E-state index in [0.29, 0.717) is 13.0 Å². The Balaban J connectivity index is 1.92. The molecule has 0 radical (unpaired) electrons. The molecule has 0 unspecified atom stereocenters. The predicted octanol–water partition coefficient (Wildman–Crippen LogP) is 2.51. The molecule has 2 N–H and O–H groups in total. The van der Waals surface area contributed by atoms with Gasteiger partial charge in [0.2, 0.25) is 5.91 Å². The average Bonchev–Trinajstić information content (AvgIpc) is 2.48. The summed E-state index contributed by atoms with van der Waals surface area (Å²) in [5.41, 5.74) is 0. The van der Waals surface area contributed by atoms with Crippen LogP contribution in [0.15, 0.2) is 30.3 Å². The third kappa shape index (κ3) is 8.53. The van der Waals surface area contributed by atoms with Crippen LogP contribution in [0, 0.1) is 0 Å². The maximum absolute atomic E-state index is 11.5. The number of carbonyl (C=O) groups is 1. The SMILES string of the molecule is O=C(CCCOc1ccccc1)NCCCCCCO. The summed E-state index contributed by atoms with van der Waals surface area (Å²) in [6.07, 6.45) is 5.14. The minimum atomic E-state index is 0.0869. The van der Waals surface area contributed by atoms with E-state index in [0.717, 1.165) is 44.4 Å². The molecule has 20 heavy (non-hydrogen) atoms. The molecule has 1 amide bonds. The van der Waals surface area contributed by atoms with Crippen molar-refractivity contribution in [3.63, 3.8) is 0 Å². The van der Waals surface area contributed by atoms with Crippen LogP contribution in [0.25, 0.3) is 0 Å². The molecule has 1 aromatic carbocycles. The van der Waals surface area contributed by atoms with E-state index < -0.39 is 0 Å². The summed E-state index contributed by atoms with van der Waals surface area (Å²) in [5.74, 6) is 0.931. The van der Waals surface area contributed by atoms with Crippen LogP contribution in [0.2, 0.25) is 0 Å². The number of carbonyl (C=O) groups excluding carboxylic acids is 1. The summed E-state index contributed by atoms with van der Waals surface area (Å²) in [5, 5.41) is 11.5. The van der Waals surface area contributed by atoms with Crippen molar-refractivity contribution < 1.29 is 14.6 Å². The van der Waals surface area contributed by atoms with Crippen molar-refractivity contribution in [2.75, 3.05) is 19.8 Å². The second-order valence-electron chi connectivity index (χ2n) is 4.75. The lowest BCUT2D eigenvalue weighted by atomic mass is 10.2. The summed E-state index contributed by atoms with van der Waals surface area (Å²) in [6, 6.07) is 9.62. The van der Waals surface area contributed by atoms with Crippen molar-refractivity contribution in [2.45, 2.75) is 38.5 Å². The van der Waals surface area contributed by atoms with E-state index >= 15 is 0 Å². The van der Waals surface area contributed by atoms with Crippen LogP contribution in [-0.2, 0) is 4.79 Å². The Kier molecular flexibility index (Phi) is 9.32. The number of aliphatic hydroxyl groups excluding tert-OH is 1. The molecule has 0 saturated heterocycles. The molecular weight excluding hydrogens is 254 g/mol. The van der Waals surface area contributed by atoms with E-state index in [9.17, 15) is 4.79 Å². The summed E-state index contributed by atoms with van der Waals surface area (Å²) in [4.78, 5) is 11.5. The molecule has 4 nitrogen and oxygen atoms in total. The Hall–Kier alpha value is -1.55. The van der Waals surface area contributed by atoms with Crippen molar-refractivity contribution in [1.82, 2.24) is 5.32 Å². The molecule has 0 aliphatic rings. The first-order valence-electron chi connectivity index (χ1n) is 7.38. The minimum Gasteiger partial charge on any atom is -0.494 e. The van der Waals surface area contributed by atoms with Gasteiger partial charge in [0.05, 0.1) is 6.61 Å². The zero-order valence-electron chi connectivity index (χ0n) is 12.0. The molecule has 112 valence electrons. The zero-order valence-corrected chi connectivity index (χ0v) is 12.0. The number of aliphatic hydroxyl groups is 1. The van der Waals surface area contributed by atoms with Gasteiger partial charge in [0.25, 0.3) is 0 Å². The lowest BCUT2D eigenvalue weighted by Gasteiger charge is -2.07. The lowest BCUT2D eigenvalue weighted by molar-refractivity contribution is -0.121. The van der Waals surface area contributed by atoms with E-state index in [1.54, 1.807) is 0 Å². The maximum atomic E-state index is 11.5. The highest BCUT2D eigenvalue weighted by molar-refractivity contribution is 5.75. The monoisotopic (exact) mass is 279 g/mol. The molecular formula is C16H25NO3. The van der Waals surface area contributed by atoms with Gasteiger partial charge in [-0.15, -0.1) is 0 Å². The minimum absolute atomic E-state index is 0.0869. The lowest BCUT2D eigenvalue weighted by Crippen LogP contribution is -2.24. The van der Waals surface area contributed by atoms with Gasteiger partial charge in [0, 0.05) is 19.6 Å². The number of benzene rings is 1. The van der Waals surface area contributed by atoms with Gasteiger partial charge >= 0.3 is 0 Å². The fraction of sp³-hybridized carbons (Fsp3) is 0.562. The van der Waals surface area contributed by atoms with Crippen molar-refractivity contribution >= 4 is 5.91 Å². The first-order chi connectivity index (χ1) is 9.83. The molecule has 0 aromatic heterocycles. The first kappa shape index (κ1) is 16.5. The topological polar surface area (TPSA) is 58.6 Å². The molecule has 4 heteroatoms. The van der Waals surface area contributed by atoms with Crippen LogP contribution in [0.5, 0.6) is 5.75 Å². The third-order valence-electron chi connectivity index (χ3n) is 2.97. The van der Waals surface area contributed by atoms with E-state index in [-0.39, 0.29) is 12.5 Å². The highest BCUT2D eigenvalue weighted by Gasteiger charge is 2.00. The molecule has 0 saturated carbocycles. The van der Waals surface area contributed by atoms with Crippen LogP contribution in [-0.4, -0.2) is 30.8 Å². The number of rotatable bonds is 11. The fourth-order valence-electron chi connectivity index (χ4n) is 1.85. The highest BCUT2D eigenvalue weighted by atomic mass is 16.5. The molecule has 0 aliphatic heterocycles. The molecule has 1 aromatic rings. The fourth-order valence-corrected chi connectivity index (χ4v) is 1.85. The molecule has 0 heterocycles. The van der Waals surface area contributed by atoms with Crippen LogP contribution in [0.3, 0.4) is 0 Å². The largest absolute Gasteiger partial charge is 0.494 e. The average molecular weight is 279 g/mol. The molecule has 1 rings (SSSR count). The predicted molar refractivity (Wildman–Crippen MR) is 79.7 cm³/mol. The van der Waals surface area contributed by atoms with Gasteiger partial charge in [-0.3, -0.25) is 4.79 Å². The molecule has 0 fully saturated rings. The van der Waals surface area contributed by atoms with Gasteiger partial charge in [0.15, 0.2) is 0 Å². The Morgan fingerprint density at radius 3 is 2.55 bits per heavy atom. The van der Waals surface area contributed by atoms with Crippen molar-refractivity contribution in [2.24, 2.45) is 0 Å². The third-order valence-corrected chi connectivity index (χ3v) is 2.97. The highest BCUT2D eigenvalue weighted by Crippen LogP contribution is 2.08. The van der Waals surface area contributed by atoms with Gasteiger partial charge in [-0.25, -0.2) is 0 Å². The molecule has 0 aliphatic carbocycles. The number of nitrogens with one attached hydrogen (secondary N) is 1. The van der Waals surface area contributed by atoms with Crippen molar-refractivity contribution in [1.29, 1.82) is 0 Å². The van der Waals surface area contributed by atoms with E-state index in [4.69, 9.17) is 9.84 Å². The summed E-state index contributed by atoms with van der Waals surface area (Å²) in [7, 11) is 0. The van der Waals surface area contributed by atoms with E-state index in [2.05, 4.69) is 5.32 Å². The normalized spacial score (nSPS) is 10.2. The van der Waals surface area contributed by atoms with Gasteiger partial charge in [-0.05, 0) is 31.4 Å². The first-order valence-corrected chi connectivity index (χ1v) is 7.38. The van der Waals surface area contributed by atoms with E-state index in [1.165, 1.54) is 0 Å². The quantitative estimate of drug-likeness (QED) is 0.612. The number of amides is 1. The molecule has 0 spiro atoms. The van der Waals surface area contributed by atoms with Gasteiger partial charge in [0.1, 0.15) is 5.75 Å². The number of unbranched alkanes of at least 4 members (excludes halogenated alkanes) is 3. The molecule has 0 bridgehead atoms.